The molecule has 1 aliphatic rings. The molecule has 5 nitrogen and oxygen atoms in total. The van der Waals surface area contributed by atoms with Crippen molar-refractivity contribution in [1.82, 2.24) is 0 Å². The number of hydrogen-bond donors (Lipinski definition) is 0. The summed E-state index contributed by atoms with van der Waals surface area (Å²) in [4.78, 5) is 16.3. The number of rotatable bonds is 4. The average molecular weight is 340 g/mol. The molecule has 1 heterocycles. The van der Waals surface area contributed by atoms with Crippen molar-refractivity contribution in [3.05, 3.63) is 48.0 Å². The van der Waals surface area contributed by atoms with E-state index < -0.39 is 0 Å². The fraction of sp³-hybridized carbons (Fsp3) is 0.350. The summed E-state index contributed by atoms with van der Waals surface area (Å²) >= 11 is 0. The molecule has 1 unspecified atom stereocenters. The zero-order valence-corrected chi connectivity index (χ0v) is 15.2. The van der Waals surface area contributed by atoms with Crippen LogP contribution in [0.5, 0.6) is 11.5 Å². The minimum atomic E-state index is 0.0719. The Kier molecular flexibility index (Phi) is 4.83. The SMILES string of the molecule is COc1cc(CN2CC(C)N(C(C)=O)c3ccccc32)cc(OC)c1. The van der Waals surface area contributed by atoms with E-state index in [2.05, 4.69) is 17.9 Å². The molecular weight excluding hydrogens is 316 g/mol. The maximum Gasteiger partial charge on any atom is 0.224 e. The number of amides is 1. The van der Waals surface area contributed by atoms with E-state index >= 15 is 0 Å². The predicted molar refractivity (Wildman–Crippen MR) is 99.7 cm³/mol. The molecule has 0 radical (unpaired) electrons. The van der Waals surface area contributed by atoms with E-state index in [0.717, 1.165) is 41.5 Å². The number of fused-ring (bicyclic) bond motifs is 1. The van der Waals surface area contributed by atoms with Gasteiger partial charge in [0, 0.05) is 26.1 Å². The quantitative estimate of drug-likeness (QED) is 0.855. The molecule has 1 amide bonds. The number of methoxy groups -OCH3 is 2. The molecular formula is C20H24N2O3. The fourth-order valence-corrected chi connectivity index (χ4v) is 3.48. The number of carbonyl (C=O) groups is 1. The van der Waals surface area contributed by atoms with Gasteiger partial charge in [-0.05, 0) is 36.8 Å². The number of ether oxygens (including phenoxy) is 2. The Morgan fingerprint density at radius 2 is 1.68 bits per heavy atom. The second-order valence-corrected chi connectivity index (χ2v) is 6.33. The summed E-state index contributed by atoms with van der Waals surface area (Å²) in [5.74, 6) is 1.62. The Labute approximate surface area is 148 Å². The van der Waals surface area contributed by atoms with Crippen LogP contribution in [0.25, 0.3) is 0 Å². The number of benzene rings is 2. The third kappa shape index (κ3) is 3.40. The highest BCUT2D eigenvalue weighted by Crippen LogP contribution is 2.36. The summed E-state index contributed by atoms with van der Waals surface area (Å²) in [6.45, 7) is 5.20. The predicted octanol–water partition coefficient (Wildman–Crippen LogP) is 3.47. The zero-order chi connectivity index (χ0) is 18.0. The first kappa shape index (κ1) is 17.1. The van der Waals surface area contributed by atoms with Gasteiger partial charge in [0.2, 0.25) is 5.91 Å². The lowest BCUT2D eigenvalue weighted by Gasteiger charge is -2.42. The molecule has 5 heteroatoms. The minimum Gasteiger partial charge on any atom is -0.497 e. The van der Waals surface area contributed by atoms with E-state index in [1.54, 1.807) is 21.1 Å². The summed E-state index contributed by atoms with van der Waals surface area (Å²) in [5, 5.41) is 0. The summed E-state index contributed by atoms with van der Waals surface area (Å²) in [6, 6.07) is 14.1. The molecule has 1 atom stereocenters. The lowest BCUT2D eigenvalue weighted by molar-refractivity contribution is -0.117. The van der Waals surface area contributed by atoms with E-state index in [4.69, 9.17) is 9.47 Å². The summed E-state index contributed by atoms with van der Waals surface area (Å²) in [5.41, 5.74) is 3.13. The lowest BCUT2D eigenvalue weighted by atomic mass is 10.1. The Bertz CT molecular complexity index is 753. The fourth-order valence-electron chi connectivity index (χ4n) is 3.48. The van der Waals surface area contributed by atoms with Crippen molar-refractivity contribution in [2.45, 2.75) is 26.4 Å². The summed E-state index contributed by atoms with van der Waals surface area (Å²) in [7, 11) is 3.31. The Morgan fingerprint density at radius 3 is 2.24 bits per heavy atom. The molecule has 0 spiro atoms. The minimum absolute atomic E-state index is 0.0719. The van der Waals surface area contributed by atoms with Crippen LogP contribution in [0.15, 0.2) is 42.5 Å². The molecule has 0 N–H and O–H groups in total. The molecule has 0 fully saturated rings. The van der Waals surface area contributed by atoms with E-state index in [0.29, 0.717) is 0 Å². The van der Waals surface area contributed by atoms with E-state index in [-0.39, 0.29) is 11.9 Å². The molecule has 0 aliphatic carbocycles. The van der Waals surface area contributed by atoms with E-state index in [1.807, 2.05) is 41.3 Å². The van der Waals surface area contributed by atoms with Crippen LogP contribution in [-0.4, -0.2) is 32.7 Å². The Balaban J connectivity index is 1.96. The Hall–Kier alpha value is -2.69. The van der Waals surface area contributed by atoms with Crippen molar-refractivity contribution < 1.29 is 14.3 Å². The summed E-state index contributed by atoms with van der Waals surface area (Å²) in [6.07, 6.45) is 0. The van der Waals surface area contributed by atoms with Gasteiger partial charge in [0.25, 0.3) is 0 Å². The maximum absolute atomic E-state index is 12.1. The van der Waals surface area contributed by atoms with Crippen molar-refractivity contribution >= 4 is 17.3 Å². The van der Waals surface area contributed by atoms with Crippen LogP contribution in [0.4, 0.5) is 11.4 Å². The highest BCUT2D eigenvalue weighted by atomic mass is 16.5. The highest BCUT2D eigenvalue weighted by Gasteiger charge is 2.30. The van der Waals surface area contributed by atoms with Crippen LogP contribution >= 0.6 is 0 Å². The molecule has 132 valence electrons. The van der Waals surface area contributed by atoms with Gasteiger partial charge in [0.15, 0.2) is 0 Å². The first-order valence-corrected chi connectivity index (χ1v) is 8.39. The third-order valence-electron chi connectivity index (χ3n) is 4.53. The molecule has 2 aromatic rings. The topological polar surface area (TPSA) is 42.0 Å². The number of anilines is 2. The second-order valence-electron chi connectivity index (χ2n) is 6.33. The first-order chi connectivity index (χ1) is 12.0. The average Bonchev–Trinajstić information content (AvgIpc) is 2.61. The van der Waals surface area contributed by atoms with Gasteiger partial charge in [0.05, 0.1) is 31.6 Å². The van der Waals surface area contributed by atoms with Gasteiger partial charge in [-0.25, -0.2) is 0 Å². The highest BCUT2D eigenvalue weighted by molar-refractivity contribution is 5.97. The molecule has 0 bridgehead atoms. The molecule has 3 rings (SSSR count). The third-order valence-corrected chi connectivity index (χ3v) is 4.53. The molecule has 1 aliphatic heterocycles. The first-order valence-electron chi connectivity index (χ1n) is 8.39. The zero-order valence-electron chi connectivity index (χ0n) is 15.2. The number of carbonyl (C=O) groups excluding carboxylic acids is 1. The van der Waals surface area contributed by atoms with Crippen LogP contribution in [0.3, 0.4) is 0 Å². The van der Waals surface area contributed by atoms with Gasteiger partial charge in [-0.2, -0.15) is 0 Å². The standard InChI is InChI=1S/C20H24N2O3/c1-14-12-21(13-16-9-17(24-3)11-18(10-16)25-4)19-7-5-6-8-20(19)22(14)15(2)23/h5-11,14H,12-13H2,1-4H3. The number of nitrogens with zero attached hydrogens (tertiary/aromatic N) is 2. The van der Waals surface area contributed by atoms with Gasteiger partial charge >= 0.3 is 0 Å². The molecule has 25 heavy (non-hydrogen) atoms. The summed E-state index contributed by atoms with van der Waals surface area (Å²) < 4.78 is 10.7. The van der Waals surface area contributed by atoms with Gasteiger partial charge in [-0.1, -0.05) is 12.1 Å². The van der Waals surface area contributed by atoms with Crippen LogP contribution < -0.4 is 19.3 Å². The second kappa shape index (κ2) is 7.05. The molecule has 2 aromatic carbocycles. The van der Waals surface area contributed by atoms with E-state index in [9.17, 15) is 4.79 Å². The van der Waals surface area contributed by atoms with Gasteiger partial charge < -0.3 is 19.3 Å². The number of hydrogen-bond acceptors (Lipinski definition) is 4. The van der Waals surface area contributed by atoms with Gasteiger partial charge in [0.1, 0.15) is 11.5 Å². The lowest BCUT2D eigenvalue weighted by Crippen LogP contribution is -2.49. The largest absolute Gasteiger partial charge is 0.497 e. The van der Waals surface area contributed by atoms with Crippen molar-refractivity contribution in [3.8, 4) is 11.5 Å². The monoisotopic (exact) mass is 340 g/mol. The van der Waals surface area contributed by atoms with Gasteiger partial charge in [-0.15, -0.1) is 0 Å². The molecule has 0 saturated carbocycles. The molecule has 0 aromatic heterocycles. The van der Waals surface area contributed by atoms with Crippen LogP contribution in [0.1, 0.15) is 19.4 Å². The Morgan fingerprint density at radius 1 is 1.08 bits per heavy atom. The number of para-hydroxylation sites is 2. The van der Waals surface area contributed by atoms with Crippen LogP contribution in [-0.2, 0) is 11.3 Å². The molecule has 0 saturated heterocycles. The van der Waals surface area contributed by atoms with E-state index in [1.165, 1.54) is 0 Å². The van der Waals surface area contributed by atoms with Crippen molar-refractivity contribution in [1.29, 1.82) is 0 Å². The smallest absolute Gasteiger partial charge is 0.224 e. The van der Waals surface area contributed by atoms with Gasteiger partial charge in [-0.3, -0.25) is 4.79 Å². The maximum atomic E-state index is 12.1. The van der Waals surface area contributed by atoms with Crippen molar-refractivity contribution in [2.24, 2.45) is 0 Å². The van der Waals surface area contributed by atoms with Crippen molar-refractivity contribution in [2.75, 3.05) is 30.6 Å². The van der Waals surface area contributed by atoms with Crippen molar-refractivity contribution in [3.63, 3.8) is 0 Å². The van der Waals surface area contributed by atoms with Crippen LogP contribution in [0, 0.1) is 0 Å². The normalized spacial score (nSPS) is 16.4. The van der Waals surface area contributed by atoms with Crippen LogP contribution in [0.2, 0.25) is 0 Å².